The first kappa shape index (κ1) is 17.7. The predicted octanol–water partition coefficient (Wildman–Crippen LogP) is 3.73. The Morgan fingerprint density at radius 2 is 1.89 bits per heavy atom. The lowest BCUT2D eigenvalue weighted by Gasteiger charge is -2.08. The molecule has 0 spiro atoms. The normalized spacial score (nSPS) is 10.8. The molecule has 4 aromatic rings. The average molecular weight is 372 g/mol. The zero-order chi connectivity index (χ0) is 19.3. The van der Waals surface area contributed by atoms with E-state index in [1.807, 2.05) is 66.1 Å². The van der Waals surface area contributed by atoms with Crippen molar-refractivity contribution in [3.63, 3.8) is 0 Å². The minimum atomic E-state index is -0.177. The van der Waals surface area contributed by atoms with Crippen LogP contribution in [-0.2, 0) is 6.61 Å². The summed E-state index contributed by atoms with van der Waals surface area (Å²) in [5.74, 6) is 0.535. The van der Waals surface area contributed by atoms with Gasteiger partial charge >= 0.3 is 0 Å². The van der Waals surface area contributed by atoms with Crippen LogP contribution in [0.25, 0.3) is 16.9 Å². The molecular formula is C22H20N4O2. The van der Waals surface area contributed by atoms with Crippen molar-refractivity contribution in [1.29, 1.82) is 0 Å². The maximum atomic E-state index is 11.9. The number of hydrogen-bond acceptors (Lipinski definition) is 4. The standard InChI is InChI=1S/C22H20N4O2/c1-2-23-22(27)18-11-10-17(13-24-18)19-14-25-21-20(9-6-12-26(19)21)28-15-16-7-4-3-5-8-16/h3-14H,2,15H2,1H3,(H,23,27). The molecule has 1 amide bonds. The van der Waals surface area contributed by atoms with Gasteiger partial charge in [-0.05, 0) is 36.8 Å². The smallest absolute Gasteiger partial charge is 0.269 e. The number of nitrogens with one attached hydrogen (secondary N) is 1. The van der Waals surface area contributed by atoms with Gasteiger partial charge in [-0.1, -0.05) is 30.3 Å². The molecule has 0 saturated carbocycles. The maximum Gasteiger partial charge on any atom is 0.269 e. The molecule has 140 valence electrons. The first-order valence-corrected chi connectivity index (χ1v) is 9.13. The third kappa shape index (κ3) is 3.57. The van der Waals surface area contributed by atoms with E-state index < -0.39 is 0 Å². The Kier molecular flexibility index (Phi) is 5.01. The molecule has 6 heteroatoms. The van der Waals surface area contributed by atoms with Gasteiger partial charge in [0.25, 0.3) is 5.91 Å². The summed E-state index contributed by atoms with van der Waals surface area (Å²) in [6.07, 6.45) is 5.41. The number of imidazole rings is 1. The molecule has 28 heavy (non-hydrogen) atoms. The number of nitrogens with zero attached hydrogens (tertiary/aromatic N) is 3. The Morgan fingerprint density at radius 1 is 1.04 bits per heavy atom. The van der Waals surface area contributed by atoms with E-state index in [1.165, 1.54) is 0 Å². The van der Waals surface area contributed by atoms with Gasteiger partial charge in [-0.25, -0.2) is 4.98 Å². The summed E-state index contributed by atoms with van der Waals surface area (Å²) in [5, 5.41) is 2.75. The lowest BCUT2D eigenvalue weighted by atomic mass is 10.2. The minimum Gasteiger partial charge on any atom is -0.485 e. The van der Waals surface area contributed by atoms with Crippen LogP contribution < -0.4 is 10.1 Å². The number of fused-ring (bicyclic) bond motifs is 1. The molecule has 0 aliphatic carbocycles. The third-order valence-corrected chi connectivity index (χ3v) is 4.37. The number of pyridine rings is 2. The van der Waals surface area contributed by atoms with Gasteiger partial charge in [-0.2, -0.15) is 0 Å². The van der Waals surface area contributed by atoms with Gasteiger partial charge < -0.3 is 10.1 Å². The molecule has 0 unspecified atom stereocenters. The maximum absolute atomic E-state index is 11.9. The van der Waals surface area contributed by atoms with Gasteiger partial charge in [0.2, 0.25) is 0 Å². The number of rotatable bonds is 6. The molecule has 3 heterocycles. The first-order valence-electron chi connectivity index (χ1n) is 9.13. The number of ether oxygens (including phenoxy) is 1. The van der Waals surface area contributed by atoms with Crippen LogP contribution in [0.5, 0.6) is 5.75 Å². The van der Waals surface area contributed by atoms with Crippen LogP contribution in [0, 0.1) is 0 Å². The van der Waals surface area contributed by atoms with Crippen molar-refractivity contribution < 1.29 is 9.53 Å². The third-order valence-electron chi connectivity index (χ3n) is 4.37. The van der Waals surface area contributed by atoms with Crippen molar-refractivity contribution >= 4 is 11.6 Å². The molecular weight excluding hydrogens is 352 g/mol. The average Bonchev–Trinajstić information content (AvgIpc) is 3.18. The number of carbonyl (C=O) groups excluding carboxylic acids is 1. The van der Waals surface area contributed by atoms with E-state index in [4.69, 9.17) is 4.74 Å². The summed E-state index contributed by atoms with van der Waals surface area (Å²) in [6, 6.07) is 17.4. The Balaban J connectivity index is 1.60. The summed E-state index contributed by atoms with van der Waals surface area (Å²) in [4.78, 5) is 20.7. The zero-order valence-corrected chi connectivity index (χ0v) is 15.5. The van der Waals surface area contributed by atoms with E-state index in [0.29, 0.717) is 24.6 Å². The molecule has 0 saturated heterocycles. The van der Waals surface area contributed by atoms with Crippen molar-refractivity contribution in [1.82, 2.24) is 19.7 Å². The summed E-state index contributed by atoms with van der Waals surface area (Å²) in [5.41, 5.74) is 3.99. The van der Waals surface area contributed by atoms with Gasteiger partial charge in [0.05, 0.1) is 11.9 Å². The fourth-order valence-electron chi connectivity index (χ4n) is 2.98. The van der Waals surface area contributed by atoms with Crippen molar-refractivity contribution in [2.45, 2.75) is 13.5 Å². The highest BCUT2D eigenvalue weighted by Crippen LogP contribution is 2.26. The summed E-state index contributed by atoms with van der Waals surface area (Å²) in [6.45, 7) is 2.93. The zero-order valence-electron chi connectivity index (χ0n) is 15.5. The highest BCUT2D eigenvalue weighted by molar-refractivity contribution is 5.92. The molecule has 0 fully saturated rings. The number of hydrogen-bond donors (Lipinski definition) is 1. The number of carbonyl (C=O) groups is 1. The minimum absolute atomic E-state index is 0.177. The first-order chi connectivity index (χ1) is 13.8. The number of aromatic nitrogens is 3. The molecule has 3 aromatic heterocycles. The molecule has 1 N–H and O–H groups in total. The van der Waals surface area contributed by atoms with E-state index in [2.05, 4.69) is 15.3 Å². The van der Waals surface area contributed by atoms with E-state index in [9.17, 15) is 4.79 Å². The van der Waals surface area contributed by atoms with E-state index in [1.54, 1.807) is 18.5 Å². The van der Waals surface area contributed by atoms with Crippen LogP contribution in [-0.4, -0.2) is 26.8 Å². The molecule has 0 bridgehead atoms. The van der Waals surface area contributed by atoms with Gasteiger partial charge in [0, 0.05) is 24.5 Å². The lowest BCUT2D eigenvalue weighted by molar-refractivity contribution is 0.0951. The van der Waals surface area contributed by atoms with Crippen LogP contribution >= 0.6 is 0 Å². The fraction of sp³-hybridized carbons (Fsp3) is 0.136. The second-order valence-corrected chi connectivity index (χ2v) is 6.28. The topological polar surface area (TPSA) is 68.5 Å². The summed E-state index contributed by atoms with van der Waals surface area (Å²) < 4.78 is 7.94. The second kappa shape index (κ2) is 7.92. The Bertz CT molecular complexity index is 1090. The number of amides is 1. The van der Waals surface area contributed by atoms with Crippen molar-refractivity contribution in [3.8, 4) is 17.0 Å². The Morgan fingerprint density at radius 3 is 2.64 bits per heavy atom. The predicted molar refractivity (Wildman–Crippen MR) is 107 cm³/mol. The van der Waals surface area contributed by atoms with Gasteiger partial charge in [-0.15, -0.1) is 0 Å². The molecule has 0 radical (unpaired) electrons. The van der Waals surface area contributed by atoms with Gasteiger partial charge in [0.15, 0.2) is 11.4 Å². The van der Waals surface area contributed by atoms with Crippen LogP contribution in [0.3, 0.4) is 0 Å². The van der Waals surface area contributed by atoms with E-state index >= 15 is 0 Å². The molecule has 4 rings (SSSR count). The van der Waals surface area contributed by atoms with Crippen molar-refractivity contribution in [2.24, 2.45) is 0 Å². The SMILES string of the molecule is CCNC(=O)c1ccc(-c2cnc3c(OCc4ccccc4)cccn23)cn1. The molecule has 0 aliphatic rings. The van der Waals surface area contributed by atoms with Crippen LogP contribution in [0.1, 0.15) is 23.0 Å². The highest BCUT2D eigenvalue weighted by Gasteiger charge is 2.12. The highest BCUT2D eigenvalue weighted by atomic mass is 16.5. The monoisotopic (exact) mass is 372 g/mol. The summed E-state index contributed by atoms with van der Waals surface area (Å²) >= 11 is 0. The largest absolute Gasteiger partial charge is 0.485 e. The molecule has 0 aliphatic heterocycles. The van der Waals surface area contributed by atoms with Crippen LogP contribution in [0.15, 0.2) is 73.2 Å². The molecule has 6 nitrogen and oxygen atoms in total. The van der Waals surface area contributed by atoms with E-state index in [0.717, 1.165) is 22.5 Å². The Hall–Kier alpha value is -3.67. The van der Waals surface area contributed by atoms with Crippen molar-refractivity contribution in [3.05, 3.63) is 84.4 Å². The van der Waals surface area contributed by atoms with Gasteiger partial charge in [0.1, 0.15) is 12.3 Å². The quantitative estimate of drug-likeness (QED) is 0.560. The lowest BCUT2D eigenvalue weighted by Crippen LogP contribution is -2.23. The summed E-state index contributed by atoms with van der Waals surface area (Å²) in [7, 11) is 0. The van der Waals surface area contributed by atoms with Crippen LogP contribution in [0.2, 0.25) is 0 Å². The molecule has 1 aromatic carbocycles. The van der Waals surface area contributed by atoms with Crippen LogP contribution in [0.4, 0.5) is 0 Å². The number of benzene rings is 1. The molecule has 0 atom stereocenters. The second-order valence-electron chi connectivity index (χ2n) is 6.28. The fourth-order valence-corrected chi connectivity index (χ4v) is 2.98. The van der Waals surface area contributed by atoms with E-state index in [-0.39, 0.29) is 5.91 Å². The van der Waals surface area contributed by atoms with Crippen molar-refractivity contribution in [2.75, 3.05) is 6.54 Å². The Labute approximate surface area is 162 Å². The van der Waals surface area contributed by atoms with Gasteiger partial charge in [-0.3, -0.25) is 14.2 Å².